The first-order chi connectivity index (χ1) is 8.81. The van der Waals surface area contributed by atoms with Crippen molar-refractivity contribution in [3.8, 4) is 5.75 Å². The van der Waals surface area contributed by atoms with Gasteiger partial charge in [0.05, 0.1) is 5.69 Å². The van der Waals surface area contributed by atoms with Gasteiger partial charge in [0, 0.05) is 6.08 Å². The van der Waals surface area contributed by atoms with Gasteiger partial charge in [-0.3, -0.25) is 5.32 Å². The highest BCUT2D eigenvalue weighted by Gasteiger charge is 2.17. The molecule has 0 unspecified atom stereocenters. The van der Waals surface area contributed by atoms with Crippen molar-refractivity contribution in [1.82, 2.24) is 0 Å². The molecule has 19 heavy (non-hydrogen) atoms. The molecule has 102 valence electrons. The number of hydrogen-bond acceptors (Lipinski definition) is 4. The Kier molecular flexibility index (Phi) is 4.69. The number of esters is 1. The summed E-state index contributed by atoms with van der Waals surface area (Å²) < 4.78 is 10.1. The summed E-state index contributed by atoms with van der Waals surface area (Å²) in [7, 11) is 0. The monoisotopic (exact) mass is 263 g/mol. The van der Waals surface area contributed by atoms with Crippen molar-refractivity contribution in [1.29, 1.82) is 0 Å². The first kappa shape index (κ1) is 14.8. The van der Waals surface area contributed by atoms with Crippen molar-refractivity contribution >= 4 is 17.7 Å². The van der Waals surface area contributed by atoms with Crippen molar-refractivity contribution in [2.75, 3.05) is 5.32 Å². The summed E-state index contributed by atoms with van der Waals surface area (Å²) in [6.07, 6.45) is 0.430. The van der Waals surface area contributed by atoms with E-state index in [4.69, 9.17) is 9.47 Å². The molecule has 1 aromatic rings. The first-order valence-corrected chi connectivity index (χ1v) is 5.75. The summed E-state index contributed by atoms with van der Waals surface area (Å²) in [6.45, 7) is 8.59. The Bertz CT molecular complexity index is 488. The van der Waals surface area contributed by atoms with E-state index in [2.05, 4.69) is 11.9 Å². The maximum atomic E-state index is 11.6. The van der Waals surface area contributed by atoms with Crippen LogP contribution in [0.3, 0.4) is 0 Å². The van der Waals surface area contributed by atoms with E-state index in [1.165, 1.54) is 0 Å². The maximum Gasteiger partial charge on any atom is 0.412 e. The average Bonchev–Trinajstić information content (AvgIpc) is 2.29. The van der Waals surface area contributed by atoms with Crippen molar-refractivity contribution in [3.63, 3.8) is 0 Å². The van der Waals surface area contributed by atoms with E-state index < -0.39 is 17.7 Å². The minimum atomic E-state index is -0.616. The van der Waals surface area contributed by atoms with Crippen LogP contribution in [0.25, 0.3) is 0 Å². The maximum absolute atomic E-state index is 11.6. The lowest BCUT2D eigenvalue weighted by Crippen LogP contribution is -2.27. The van der Waals surface area contributed by atoms with Gasteiger partial charge in [-0.25, -0.2) is 9.59 Å². The van der Waals surface area contributed by atoms with Gasteiger partial charge in [0.2, 0.25) is 0 Å². The molecule has 0 saturated carbocycles. The highest BCUT2D eigenvalue weighted by atomic mass is 16.6. The van der Waals surface area contributed by atoms with Crippen LogP contribution < -0.4 is 10.1 Å². The Morgan fingerprint density at radius 2 is 1.89 bits per heavy atom. The number of rotatable bonds is 3. The fourth-order valence-corrected chi connectivity index (χ4v) is 1.22. The van der Waals surface area contributed by atoms with E-state index in [-0.39, 0.29) is 5.75 Å². The third-order valence-corrected chi connectivity index (χ3v) is 1.90. The number of anilines is 1. The minimum absolute atomic E-state index is 0.234. The van der Waals surface area contributed by atoms with E-state index in [9.17, 15) is 9.59 Å². The molecule has 1 amide bonds. The predicted molar refractivity (Wildman–Crippen MR) is 72.1 cm³/mol. The fraction of sp³-hybridized carbons (Fsp3) is 0.286. The normalized spacial score (nSPS) is 10.5. The molecule has 0 aliphatic heterocycles. The summed E-state index contributed by atoms with van der Waals surface area (Å²) in [4.78, 5) is 22.8. The molecule has 1 aromatic carbocycles. The van der Waals surface area contributed by atoms with Gasteiger partial charge in [0.25, 0.3) is 0 Å². The molecule has 0 fully saturated rings. The molecule has 1 rings (SSSR count). The molecule has 0 radical (unpaired) electrons. The Labute approximate surface area is 112 Å². The number of para-hydroxylation sites is 2. The van der Waals surface area contributed by atoms with E-state index >= 15 is 0 Å². The molecular formula is C14H17NO4. The summed E-state index contributed by atoms with van der Waals surface area (Å²) in [5, 5.41) is 2.52. The minimum Gasteiger partial charge on any atom is -0.444 e. The predicted octanol–water partition coefficient (Wildman–Crippen LogP) is 3.13. The highest BCUT2D eigenvalue weighted by Crippen LogP contribution is 2.24. The molecule has 1 N–H and O–H groups in total. The van der Waals surface area contributed by atoms with E-state index in [1.54, 1.807) is 45.0 Å². The highest BCUT2D eigenvalue weighted by molar-refractivity contribution is 5.89. The lowest BCUT2D eigenvalue weighted by Gasteiger charge is -2.20. The molecular weight excluding hydrogens is 246 g/mol. The Morgan fingerprint density at radius 3 is 2.47 bits per heavy atom. The van der Waals surface area contributed by atoms with Crippen LogP contribution in [0.15, 0.2) is 36.9 Å². The summed E-state index contributed by atoms with van der Waals surface area (Å²) >= 11 is 0. The van der Waals surface area contributed by atoms with Crippen LogP contribution in [0.2, 0.25) is 0 Å². The van der Waals surface area contributed by atoms with Gasteiger partial charge < -0.3 is 9.47 Å². The number of nitrogens with one attached hydrogen (secondary N) is 1. The SMILES string of the molecule is C=CC(=O)Oc1ccccc1NC(=O)OC(C)(C)C. The lowest BCUT2D eigenvalue weighted by atomic mass is 10.2. The summed E-state index contributed by atoms with van der Waals surface area (Å²) in [5.74, 6) is -0.364. The third-order valence-electron chi connectivity index (χ3n) is 1.90. The van der Waals surface area contributed by atoms with Crippen LogP contribution in [0.4, 0.5) is 10.5 Å². The van der Waals surface area contributed by atoms with Gasteiger partial charge in [-0.05, 0) is 32.9 Å². The molecule has 0 bridgehead atoms. The molecule has 0 heterocycles. The summed E-state index contributed by atoms with van der Waals surface area (Å²) in [5.41, 5.74) is -0.247. The summed E-state index contributed by atoms with van der Waals surface area (Å²) in [6, 6.07) is 6.56. The second kappa shape index (κ2) is 6.04. The molecule has 0 aliphatic carbocycles. The molecule has 5 nitrogen and oxygen atoms in total. The van der Waals surface area contributed by atoms with Gasteiger partial charge in [-0.15, -0.1) is 0 Å². The third kappa shape index (κ3) is 5.25. The zero-order chi connectivity index (χ0) is 14.5. The van der Waals surface area contributed by atoms with Gasteiger partial charge in [0.15, 0.2) is 5.75 Å². The Hall–Kier alpha value is -2.30. The quantitative estimate of drug-likeness (QED) is 0.517. The lowest BCUT2D eigenvalue weighted by molar-refractivity contribution is -0.128. The van der Waals surface area contributed by atoms with Gasteiger partial charge >= 0.3 is 12.1 Å². The number of amides is 1. The first-order valence-electron chi connectivity index (χ1n) is 5.75. The second-order valence-electron chi connectivity index (χ2n) is 4.75. The number of hydrogen-bond donors (Lipinski definition) is 1. The molecule has 0 saturated heterocycles. The molecule has 0 aliphatic rings. The van der Waals surface area contributed by atoms with Crippen LogP contribution in [0.5, 0.6) is 5.75 Å². The van der Waals surface area contributed by atoms with Crippen LogP contribution in [-0.4, -0.2) is 17.7 Å². The van der Waals surface area contributed by atoms with Crippen molar-refractivity contribution < 1.29 is 19.1 Å². The molecule has 0 spiro atoms. The second-order valence-corrected chi connectivity index (χ2v) is 4.75. The Balaban J connectivity index is 2.80. The van der Waals surface area contributed by atoms with Crippen LogP contribution in [0.1, 0.15) is 20.8 Å². The van der Waals surface area contributed by atoms with Crippen molar-refractivity contribution in [3.05, 3.63) is 36.9 Å². The zero-order valence-corrected chi connectivity index (χ0v) is 11.2. The van der Waals surface area contributed by atoms with Gasteiger partial charge in [-0.2, -0.15) is 0 Å². The standard InChI is InChI=1S/C14H17NO4/c1-5-12(16)18-11-9-7-6-8-10(11)15-13(17)19-14(2,3)4/h5-9H,1H2,2-4H3,(H,15,17). The largest absolute Gasteiger partial charge is 0.444 e. The fourth-order valence-electron chi connectivity index (χ4n) is 1.22. The van der Waals surface area contributed by atoms with Gasteiger partial charge in [-0.1, -0.05) is 18.7 Å². The number of carbonyl (C=O) groups excluding carboxylic acids is 2. The van der Waals surface area contributed by atoms with Crippen LogP contribution in [0, 0.1) is 0 Å². The molecule has 5 heteroatoms. The molecule has 0 atom stereocenters. The van der Waals surface area contributed by atoms with E-state index in [0.29, 0.717) is 5.69 Å². The zero-order valence-electron chi connectivity index (χ0n) is 11.2. The van der Waals surface area contributed by atoms with Gasteiger partial charge in [0.1, 0.15) is 5.60 Å². The Morgan fingerprint density at radius 1 is 1.26 bits per heavy atom. The topological polar surface area (TPSA) is 64.6 Å². The smallest absolute Gasteiger partial charge is 0.412 e. The van der Waals surface area contributed by atoms with Crippen LogP contribution in [-0.2, 0) is 9.53 Å². The van der Waals surface area contributed by atoms with E-state index in [0.717, 1.165) is 6.08 Å². The van der Waals surface area contributed by atoms with Crippen LogP contribution >= 0.6 is 0 Å². The number of benzene rings is 1. The van der Waals surface area contributed by atoms with E-state index in [1.807, 2.05) is 0 Å². The van der Waals surface area contributed by atoms with Crippen molar-refractivity contribution in [2.45, 2.75) is 26.4 Å². The molecule has 0 aromatic heterocycles. The average molecular weight is 263 g/mol. The van der Waals surface area contributed by atoms with Crippen molar-refractivity contribution in [2.24, 2.45) is 0 Å². The number of carbonyl (C=O) groups is 2. The number of ether oxygens (including phenoxy) is 2.